The van der Waals surface area contributed by atoms with Crippen molar-refractivity contribution in [2.24, 2.45) is 0 Å². The van der Waals surface area contributed by atoms with E-state index in [4.69, 9.17) is 4.74 Å². The Kier molecular flexibility index (Phi) is 6.97. The van der Waals surface area contributed by atoms with Crippen molar-refractivity contribution in [2.45, 2.75) is 6.04 Å². The number of benzene rings is 1. The summed E-state index contributed by atoms with van der Waals surface area (Å²) in [5.41, 5.74) is 1.08. The van der Waals surface area contributed by atoms with Gasteiger partial charge in [0.25, 0.3) is 5.91 Å². The Bertz CT molecular complexity index is 684. The summed E-state index contributed by atoms with van der Waals surface area (Å²) in [7, 11) is 5.54. The molecule has 0 aliphatic carbocycles. The highest BCUT2D eigenvalue weighted by Crippen LogP contribution is 2.20. The van der Waals surface area contributed by atoms with Crippen LogP contribution in [0, 0.1) is 0 Å². The van der Waals surface area contributed by atoms with Crippen LogP contribution in [0.2, 0.25) is 0 Å². The molecule has 0 saturated heterocycles. The molecule has 1 aromatic carbocycles. The second kappa shape index (κ2) is 9.19. The van der Waals surface area contributed by atoms with Gasteiger partial charge in [0.15, 0.2) is 0 Å². The van der Waals surface area contributed by atoms with E-state index in [1.54, 1.807) is 19.2 Å². The van der Waals surface area contributed by atoms with E-state index in [1.807, 2.05) is 48.6 Å². The summed E-state index contributed by atoms with van der Waals surface area (Å²) >= 11 is 1.34. The van der Waals surface area contributed by atoms with E-state index in [0.29, 0.717) is 11.4 Å². The van der Waals surface area contributed by atoms with Gasteiger partial charge in [-0.25, -0.2) is 0 Å². The number of carbonyl (C=O) groups excluding carboxylic acids is 2. The van der Waals surface area contributed by atoms with Gasteiger partial charge in [0.1, 0.15) is 5.75 Å². The lowest BCUT2D eigenvalue weighted by Gasteiger charge is -2.25. The first kappa shape index (κ1) is 19.0. The maximum atomic E-state index is 12.0. The largest absolute Gasteiger partial charge is 0.497 e. The minimum atomic E-state index is -0.232. The molecule has 2 rings (SSSR count). The molecule has 0 aliphatic rings. The number of ether oxygens (including phenoxy) is 1. The summed E-state index contributed by atoms with van der Waals surface area (Å²) in [6, 6.07) is 11.3. The van der Waals surface area contributed by atoms with Crippen LogP contribution in [0.3, 0.4) is 0 Å². The van der Waals surface area contributed by atoms with Crippen LogP contribution in [0.1, 0.15) is 21.3 Å². The van der Waals surface area contributed by atoms with E-state index in [2.05, 4.69) is 10.6 Å². The zero-order valence-electron chi connectivity index (χ0n) is 14.6. The third-order valence-electron chi connectivity index (χ3n) is 3.77. The van der Waals surface area contributed by atoms with E-state index in [-0.39, 0.29) is 24.4 Å². The number of carbonyl (C=O) groups is 2. The molecule has 1 heterocycles. The van der Waals surface area contributed by atoms with Crippen molar-refractivity contribution in [2.75, 3.05) is 34.3 Å². The van der Waals surface area contributed by atoms with E-state index in [0.717, 1.165) is 11.3 Å². The lowest BCUT2D eigenvalue weighted by molar-refractivity contribution is -0.120. The molecular weight excluding hydrogens is 338 g/mol. The van der Waals surface area contributed by atoms with Crippen LogP contribution in [0.15, 0.2) is 41.8 Å². The van der Waals surface area contributed by atoms with Crippen LogP contribution in [-0.4, -0.2) is 51.0 Å². The smallest absolute Gasteiger partial charge is 0.261 e. The molecule has 0 fully saturated rings. The number of hydrogen-bond donors (Lipinski definition) is 2. The van der Waals surface area contributed by atoms with Gasteiger partial charge in [-0.05, 0) is 43.2 Å². The van der Waals surface area contributed by atoms with Gasteiger partial charge in [0.05, 0.1) is 24.6 Å². The summed E-state index contributed by atoms with van der Waals surface area (Å²) < 4.78 is 5.17. The van der Waals surface area contributed by atoms with Gasteiger partial charge >= 0.3 is 0 Å². The first-order valence-corrected chi connectivity index (χ1v) is 8.78. The highest BCUT2D eigenvalue weighted by Gasteiger charge is 2.16. The zero-order chi connectivity index (χ0) is 18.2. The molecule has 7 heteroatoms. The van der Waals surface area contributed by atoms with Crippen molar-refractivity contribution in [3.63, 3.8) is 0 Å². The van der Waals surface area contributed by atoms with Gasteiger partial charge in [-0.15, -0.1) is 11.3 Å². The monoisotopic (exact) mass is 361 g/mol. The molecule has 1 unspecified atom stereocenters. The van der Waals surface area contributed by atoms with Crippen molar-refractivity contribution in [3.05, 3.63) is 52.2 Å². The Labute approximate surface area is 151 Å². The predicted molar refractivity (Wildman–Crippen MR) is 99.1 cm³/mol. The highest BCUT2D eigenvalue weighted by molar-refractivity contribution is 7.12. The topological polar surface area (TPSA) is 70.7 Å². The SMILES string of the molecule is COc1ccc(C(CNC(=O)CNC(=O)c2cccs2)N(C)C)cc1. The summed E-state index contributed by atoms with van der Waals surface area (Å²) in [6.45, 7) is 0.409. The van der Waals surface area contributed by atoms with Crippen LogP contribution >= 0.6 is 11.3 Å². The van der Waals surface area contributed by atoms with Crippen LogP contribution in [0.4, 0.5) is 0 Å². The Morgan fingerprint density at radius 1 is 1.16 bits per heavy atom. The molecule has 134 valence electrons. The zero-order valence-corrected chi connectivity index (χ0v) is 15.4. The molecule has 1 aromatic heterocycles. The van der Waals surface area contributed by atoms with Crippen LogP contribution in [0.25, 0.3) is 0 Å². The Balaban J connectivity index is 1.85. The lowest BCUT2D eigenvalue weighted by Crippen LogP contribution is -2.40. The Morgan fingerprint density at radius 2 is 1.88 bits per heavy atom. The van der Waals surface area contributed by atoms with Crippen molar-refractivity contribution >= 4 is 23.2 Å². The third-order valence-corrected chi connectivity index (χ3v) is 4.64. The number of likely N-dealkylation sites (N-methyl/N-ethyl adjacent to an activating group) is 1. The van der Waals surface area contributed by atoms with E-state index in [1.165, 1.54) is 11.3 Å². The van der Waals surface area contributed by atoms with Crippen LogP contribution in [0.5, 0.6) is 5.75 Å². The highest BCUT2D eigenvalue weighted by atomic mass is 32.1. The second-order valence-corrected chi connectivity index (χ2v) is 6.66. The predicted octanol–water partition coefficient (Wildman–Crippen LogP) is 1.91. The lowest BCUT2D eigenvalue weighted by atomic mass is 10.1. The van der Waals surface area contributed by atoms with Gasteiger partial charge in [-0.3, -0.25) is 9.59 Å². The number of methoxy groups -OCH3 is 1. The number of nitrogens with zero attached hydrogens (tertiary/aromatic N) is 1. The molecule has 2 N–H and O–H groups in total. The maximum Gasteiger partial charge on any atom is 0.261 e. The molecular formula is C18H23N3O3S. The molecule has 0 saturated carbocycles. The fourth-order valence-electron chi connectivity index (χ4n) is 2.35. The van der Waals surface area contributed by atoms with Crippen LogP contribution < -0.4 is 15.4 Å². The number of thiophene rings is 1. The number of nitrogens with one attached hydrogen (secondary N) is 2. The molecule has 1 atom stereocenters. The first-order valence-electron chi connectivity index (χ1n) is 7.90. The van der Waals surface area contributed by atoms with Gasteiger partial charge in [0.2, 0.25) is 5.91 Å². The van der Waals surface area contributed by atoms with E-state index >= 15 is 0 Å². The standard InChI is InChI=1S/C18H23N3O3S/c1-21(2)15(13-6-8-14(24-3)9-7-13)11-19-17(22)12-20-18(23)16-5-4-10-25-16/h4-10,15H,11-12H2,1-3H3,(H,19,22)(H,20,23). The molecule has 25 heavy (non-hydrogen) atoms. The fraction of sp³-hybridized carbons (Fsp3) is 0.333. The summed E-state index contributed by atoms with van der Waals surface area (Å²) in [5.74, 6) is 0.344. The van der Waals surface area contributed by atoms with Gasteiger partial charge in [0, 0.05) is 6.54 Å². The van der Waals surface area contributed by atoms with Crippen molar-refractivity contribution < 1.29 is 14.3 Å². The summed E-state index contributed by atoms with van der Waals surface area (Å²) in [5, 5.41) is 7.32. The van der Waals surface area contributed by atoms with Crippen LogP contribution in [-0.2, 0) is 4.79 Å². The molecule has 2 aromatic rings. The van der Waals surface area contributed by atoms with Crippen molar-refractivity contribution in [1.29, 1.82) is 0 Å². The molecule has 2 amide bonds. The van der Waals surface area contributed by atoms with E-state index < -0.39 is 0 Å². The Hall–Kier alpha value is -2.38. The minimum absolute atomic E-state index is 0.0304. The quantitative estimate of drug-likeness (QED) is 0.753. The normalized spacial score (nSPS) is 11.8. The molecule has 0 radical (unpaired) electrons. The molecule has 6 nitrogen and oxygen atoms in total. The second-order valence-electron chi connectivity index (χ2n) is 5.72. The van der Waals surface area contributed by atoms with Gasteiger partial charge in [-0.2, -0.15) is 0 Å². The van der Waals surface area contributed by atoms with Gasteiger partial charge < -0.3 is 20.3 Å². The number of rotatable bonds is 8. The maximum absolute atomic E-state index is 12.0. The Morgan fingerprint density at radius 3 is 2.44 bits per heavy atom. The van der Waals surface area contributed by atoms with Crippen molar-refractivity contribution in [1.82, 2.24) is 15.5 Å². The average Bonchev–Trinajstić information content (AvgIpc) is 3.15. The minimum Gasteiger partial charge on any atom is -0.497 e. The molecule has 0 spiro atoms. The van der Waals surface area contributed by atoms with Gasteiger partial charge in [-0.1, -0.05) is 18.2 Å². The van der Waals surface area contributed by atoms with Crippen molar-refractivity contribution in [3.8, 4) is 5.75 Å². The number of amides is 2. The third kappa shape index (κ3) is 5.58. The first-order chi connectivity index (χ1) is 12.0. The number of hydrogen-bond acceptors (Lipinski definition) is 5. The molecule has 0 bridgehead atoms. The fourth-order valence-corrected chi connectivity index (χ4v) is 2.99. The summed E-state index contributed by atoms with van der Waals surface area (Å²) in [4.78, 5) is 26.5. The van der Waals surface area contributed by atoms with E-state index in [9.17, 15) is 9.59 Å². The summed E-state index contributed by atoms with van der Waals surface area (Å²) in [6.07, 6.45) is 0. The molecule has 0 aliphatic heterocycles. The average molecular weight is 361 g/mol.